The lowest BCUT2D eigenvalue weighted by molar-refractivity contribution is -0.123. The Morgan fingerprint density at radius 2 is 1.86 bits per heavy atom. The Bertz CT molecular complexity index is 666. The van der Waals surface area contributed by atoms with E-state index in [1.165, 1.54) is 11.3 Å². The maximum absolute atomic E-state index is 11.8. The number of rotatable bonds is 4. The molecule has 0 spiro atoms. The third-order valence-corrected chi connectivity index (χ3v) is 5.83. The second-order valence-electron chi connectivity index (χ2n) is 4.34. The monoisotopic (exact) mass is 446 g/mol. The van der Waals surface area contributed by atoms with Crippen molar-refractivity contribution >= 4 is 55.0 Å². The summed E-state index contributed by atoms with van der Waals surface area (Å²) in [5.74, 6) is -0.234. The van der Waals surface area contributed by atoms with Crippen LogP contribution in [0.15, 0.2) is 38.6 Å². The van der Waals surface area contributed by atoms with Gasteiger partial charge >= 0.3 is 0 Å². The van der Waals surface area contributed by atoms with Crippen molar-refractivity contribution in [2.24, 2.45) is 0 Å². The number of ether oxygens (including phenoxy) is 1. The molecule has 1 aromatic heterocycles. The molecular weight excluding hydrogens is 436 g/mol. The van der Waals surface area contributed by atoms with Gasteiger partial charge in [-0.25, -0.2) is 0 Å². The molecule has 2 amide bonds. The first-order chi connectivity index (χ1) is 10.5. The van der Waals surface area contributed by atoms with Crippen LogP contribution in [0, 0.1) is 6.92 Å². The van der Waals surface area contributed by atoms with Crippen LogP contribution in [0.4, 0.5) is 0 Å². The van der Waals surface area contributed by atoms with Crippen molar-refractivity contribution in [3.05, 3.63) is 49.0 Å². The van der Waals surface area contributed by atoms with Crippen molar-refractivity contribution < 1.29 is 14.3 Å². The Morgan fingerprint density at radius 1 is 1.18 bits per heavy atom. The normalized spacial score (nSPS) is 10.1. The summed E-state index contributed by atoms with van der Waals surface area (Å²) in [4.78, 5) is 23.9. The molecule has 0 atom stereocenters. The number of hydrogen-bond donors (Lipinski definition) is 2. The maximum atomic E-state index is 11.8. The number of carbonyl (C=O) groups is 2. The largest absolute Gasteiger partial charge is 0.484 e. The summed E-state index contributed by atoms with van der Waals surface area (Å²) in [5.41, 5.74) is 5.75. The molecule has 1 aromatic carbocycles. The molecule has 5 nitrogen and oxygen atoms in total. The van der Waals surface area contributed by atoms with Gasteiger partial charge in [-0.15, -0.1) is 11.3 Å². The summed E-state index contributed by atoms with van der Waals surface area (Å²) < 4.78 is 6.91. The molecule has 0 unspecified atom stereocenters. The second kappa shape index (κ2) is 7.75. The lowest BCUT2D eigenvalue weighted by Crippen LogP contribution is -2.43. The van der Waals surface area contributed by atoms with Crippen LogP contribution in [-0.4, -0.2) is 18.4 Å². The van der Waals surface area contributed by atoms with Crippen LogP contribution in [0.1, 0.15) is 15.2 Å². The number of amides is 2. The molecule has 22 heavy (non-hydrogen) atoms. The first-order valence-electron chi connectivity index (χ1n) is 6.19. The van der Waals surface area contributed by atoms with E-state index in [1.54, 1.807) is 18.2 Å². The predicted octanol–water partition coefficient (Wildman–Crippen LogP) is 3.42. The van der Waals surface area contributed by atoms with Crippen molar-refractivity contribution in [2.75, 3.05) is 6.61 Å². The highest BCUT2D eigenvalue weighted by molar-refractivity contribution is 9.13. The molecule has 2 aromatic rings. The number of benzene rings is 1. The van der Waals surface area contributed by atoms with E-state index in [1.807, 2.05) is 19.1 Å². The van der Waals surface area contributed by atoms with Crippen LogP contribution >= 0.6 is 43.2 Å². The first-order valence-corrected chi connectivity index (χ1v) is 8.59. The molecule has 0 saturated carbocycles. The van der Waals surface area contributed by atoms with Crippen LogP contribution in [0.3, 0.4) is 0 Å². The minimum Gasteiger partial charge on any atom is -0.484 e. The van der Waals surface area contributed by atoms with Crippen molar-refractivity contribution in [2.45, 2.75) is 6.92 Å². The van der Waals surface area contributed by atoms with Crippen molar-refractivity contribution in [1.29, 1.82) is 0 Å². The minimum absolute atomic E-state index is 0.179. The Morgan fingerprint density at radius 3 is 2.45 bits per heavy atom. The Balaban J connectivity index is 1.77. The predicted molar refractivity (Wildman–Crippen MR) is 92.0 cm³/mol. The van der Waals surface area contributed by atoms with Gasteiger partial charge in [-0.1, -0.05) is 17.7 Å². The number of nitrogens with one attached hydrogen (secondary N) is 2. The minimum atomic E-state index is -0.441. The van der Waals surface area contributed by atoms with Crippen LogP contribution in [-0.2, 0) is 4.79 Å². The van der Waals surface area contributed by atoms with Gasteiger partial charge in [-0.2, -0.15) is 0 Å². The summed E-state index contributed by atoms with van der Waals surface area (Å²) in [7, 11) is 0. The van der Waals surface area contributed by atoms with Gasteiger partial charge in [0.2, 0.25) is 0 Å². The molecule has 0 fully saturated rings. The van der Waals surface area contributed by atoms with E-state index < -0.39 is 5.91 Å². The van der Waals surface area contributed by atoms with Crippen molar-refractivity contribution in [3.63, 3.8) is 0 Å². The van der Waals surface area contributed by atoms with Gasteiger partial charge < -0.3 is 4.74 Å². The number of hydrogen-bond acceptors (Lipinski definition) is 4. The summed E-state index contributed by atoms with van der Waals surface area (Å²) in [6.07, 6.45) is 0. The molecule has 0 radical (unpaired) electrons. The maximum Gasteiger partial charge on any atom is 0.279 e. The summed E-state index contributed by atoms with van der Waals surface area (Å²) >= 11 is 7.86. The van der Waals surface area contributed by atoms with E-state index in [0.717, 1.165) is 13.8 Å². The van der Waals surface area contributed by atoms with E-state index in [2.05, 4.69) is 42.7 Å². The average molecular weight is 448 g/mol. The number of aryl methyl sites for hydroxylation is 1. The van der Waals surface area contributed by atoms with Gasteiger partial charge in [-0.3, -0.25) is 20.4 Å². The van der Waals surface area contributed by atoms with Crippen LogP contribution in [0.25, 0.3) is 0 Å². The number of hydrazine groups is 1. The lowest BCUT2D eigenvalue weighted by atomic mass is 10.2. The summed E-state index contributed by atoms with van der Waals surface area (Å²) in [6.45, 7) is 1.79. The Hall–Kier alpha value is -1.38. The van der Waals surface area contributed by atoms with Gasteiger partial charge in [0.25, 0.3) is 11.8 Å². The summed E-state index contributed by atoms with van der Waals surface area (Å²) in [6, 6.07) is 9.01. The Kier molecular flexibility index (Phi) is 5.98. The van der Waals surface area contributed by atoms with Gasteiger partial charge in [0.1, 0.15) is 5.75 Å². The molecule has 116 valence electrons. The van der Waals surface area contributed by atoms with E-state index in [9.17, 15) is 9.59 Å². The quantitative estimate of drug-likeness (QED) is 0.705. The number of carbonyl (C=O) groups excluding carboxylic acids is 2. The highest BCUT2D eigenvalue weighted by Gasteiger charge is 2.12. The zero-order valence-electron chi connectivity index (χ0n) is 11.5. The van der Waals surface area contributed by atoms with Crippen molar-refractivity contribution in [3.8, 4) is 5.75 Å². The molecule has 1 heterocycles. The molecule has 0 aliphatic heterocycles. The zero-order chi connectivity index (χ0) is 16.1. The first kappa shape index (κ1) is 17.0. The van der Waals surface area contributed by atoms with Crippen LogP contribution < -0.4 is 15.6 Å². The number of thiophene rings is 1. The fourth-order valence-electron chi connectivity index (χ4n) is 1.47. The van der Waals surface area contributed by atoms with E-state index >= 15 is 0 Å². The Labute approximate surface area is 148 Å². The SMILES string of the molecule is Cc1ccc(OCC(=O)NNC(=O)c2cc(Br)c(Br)s2)cc1. The van der Waals surface area contributed by atoms with Gasteiger partial charge in [0.15, 0.2) is 6.61 Å². The van der Waals surface area contributed by atoms with Gasteiger partial charge in [0, 0.05) is 4.47 Å². The van der Waals surface area contributed by atoms with Gasteiger partial charge in [0.05, 0.1) is 8.66 Å². The van der Waals surface area contributed by atoms with E-state index in [0.29, 0.717) is 10.6 Å². The molecular formula is C14H12Br2N2O3S. The molecule has 0 aliphatic rings. The third-order valence-electron chi connectivity index (χ3n) is 2.58. The summed E-state index contributed by atoms with van der Waals surface area (Å²) in [5, 5.41) is 0. The van der Waals surface area contributed by atoms with Crippen LogP contribution in [0.2, 0.25) is 0 Å². The fourth-order valence-corrected chi connectivity index (χ4v) is 3.40. The smallest absolute Gasteiger partial charge is 0.279 e. The standard InChI is InChI=1S/C14H12Br2N2O3S/c1-8-2-4-9(5-3-8)21-7-12(19)17-18-14(20)11-6-10(15)13(16)22-11/h2-6H,7H2,1H3,(H,17,19)(H,18,20). The second-order valence-corrected chi connectivity index (χ2v) is 7.56. The zero-order valence-corrected chi connectivity index (χ0v) is 15.5. The molecule has 2 rings (SSSR count). The topological polar surface area (TPSA) is 67.4 Å². The van der Waals surface area contributed by atoms with Gasteiger partial charge in [-0.05, 0) is 57.0 Å². The average Bonchev–Trinajstić information content (AvgIpc) is 2.84. The van der Waals surface area contributed by atoms with Crippen LogP contribution in [0.5, 0.6) is 5.75 Å². The molecule has 8 heteroatoms. The fraction of sp³-hybridized carbons (Fsp3) is 0.143. The molecule has 0 bridgehead atoms. The molecule has 2 N–H and O–H groups in total. The van der Waals surface area contributed by atoms with E-state index in [-0.39, 0.29) is 12.5 Å². The molecule has 0 saturated heterocycles. The number of halogens is 2. The molecule has 0 aliphatic carbocycles. The highest BCUT2D eigenvalue weighted by Crippen LogP contribution is 2.32. The highest BCUT2D eigenvalue weighted by atomic mass is 79.9. The third kappa shape index (κ3) is 4.82. The lowest BCUT2D eigenvalue weighted by Gasteiger charge is -2.08. The van der Waals surface area contributed by atoms with E-state index in [4.69, 9.17) is 4.74 Å². The van der Waals surface area contributed by atoms with Crippen molar-refractivity contribution in [1.82, 2.24) is 10.9 Å².